The van der Waals surface area contributed by atoms with Gasteiger partial charge in [-0.25, -0.2) is 0 Å². The summed E-state index contributed by atoms with van der Waals surface area (Å²) >= 11 is 0. The second kappa shape index (κ2) is 9.17. The molecule has 0 heterocycles. The lowest BCUT2D eigenvalue weighted by molar-refractivity contribution is -0.117. The third-order valence-corrected chi connectivity index (χ3v) is 2.93. The molecular formula is C14H23N3O4. The van der Waals surface area contributed by atoms with Crippen molar-refractivity contribution in [3.05, 3.63) is 18.2 Å². The number of aliphatic hydroxyl groups is 1. The molecule has 21 heavy (non-hydrogen) atoms. The molecule has 0 saturated heterocycles. The molecule has 0 bridgehead atoms. The van der Waals surface area contributed by atoms with Crippen LogP contribution in [0.1, 0.15) is 0 Å². The molecule has 1 amide bonds. The van der Waals surface area contributed by atoms with Crippen molar-refractivity contribution in [2.45, 2.75) is 0 Å². The first-order valence-electron chi connectivity index (χ1n) is 6.66. The maximum atomic E-state index is 12.0. The van der Waals surface area contributed by atoms with Crippen LogP contribution in [0.4, 0.5) is 11.4 Å². The van der Waals surface area contributed by atoms with Crippen LogP contribution >= 0.6 is 0 Å². The van der Waals surface area contributed by atoms with Gasteiger partial charge in [-0.15, -0.1) is 0 Å². The Morgan fingerprint density at radius 3 is 2.71 bits per heavy atom. The van der Waals surface area contributed by atoms with Gasteiger partial charge in [-0.05, 0) is 12.1 Å². The van der Waals surface area contributed by atoms with E-state index < -0.39 is 0 Å². The average molecular weight is 297 g/mol. The van der Waals surface area contributed by atoms with Gasteiger partial charge in [0.1, 0.15) is 5.75 Å². The van der Waals surface area contributed by atoms with Crippen molar-refractivity contribution in [2.24, 2.45) is 0 Å². The summed E-state index contributed by atoms with van der Waals surface area (Å²) in [5, 5.41) is 11.7. The quantitative estimate of drug-likeness (QED) is 0.562. The zero-order valence-corrected chi connectivity index (χ0v) is 12.5. The molecule has 1 aromatic carbocycles. The van der Waals surface area contributed by atoms with E-state index in [1.807, 2.05) is 0 Å². The van der Waals surface area contributed by atoms with Crippen LogP contribution in [0.2, 0.25) is 0 Å². The minimum Gasteiger partial charge on any atom is -0.497 e. The van der Waals surface area contributed by atoms with Crippen LogP contribution in [0.15, 0.2) is 18.2 Å². The second-order valence-electron chi connectivity index (χ2n) is 4.49. The van der Waals surface area contributed by atoms with E-state index in [0.29, 0.717) is 36.8 Å². The smallest absolute Gasteiger partial charge is 0.238 e. The van der Waals surface area contributed by atoms with Gasteiger partial charge in [-0.1, -0.05) is 0 Å². The van der Waals surface area contributed by atoms with Crippen molar-refractivity contribution >= 4 is 17.3 Å². The SMILES string of the molecule is COCCN(CCO)CC(=O)Nc1ccc(OC)cc1N. The van der Waals surface area contributed by atoms with Crippen molar-refractivity contribution in [1.82, 2.24) is 4.90 Å². The standard InChI is InChI=1S/C14H23N3O4/c1-20-8-6-17(5-7-18)10-14(19)16-13-4-3-11(21-2)9-12(13)15/h3-4,9,18H,5-8,10,15H2,1-2H3,(H,16,19). The van der Waals surface area contributed by atoms with E-state index >= 15 is 0 Å². The number of nitrogens with one attached hydrogen (secondary N) is 1. The summed E-state index contributed by atoms with van der Waals surface area (Å²) in [5.74, 6) is 0.434. The molecule has 0 atom stereocenters. The fourth-order valence-corrected chi connectivity index (χ4v) is 1.81. The summed E-state index contributed by atoms with van der Waals surface area (Å²) < 4.78 is 10.0. The Morgan fingerprint density at radius 1 is 1.38 bits per heavy atom. The number of nitrogen functional groups attached to an aromatic ring is 1. The summed E-state index contributed by atoms with van der Waals surface area (Å²) in [4.78, 5) is 13.8. The van der Waals surface area contributed by atoms with Crippen molar-refractivity contribution < 1.29 is 19.4 Å². The fourth-order valence-electron chi connectivity index (χ4n) is 1.81. The molecule has 118 valence electrons. The number of amides is 1. The van der Waals surface area contributed by atoms with Crippen molar-refractivity contribution in [3.63, 3.8) is 0 Å². The molecule has 1 aromatic rings. The first-order valence-corrected chi connectivity index (χ1v) is 6.66. The minimum atomic E-state index is -0.198. The van der Waals surface area contributed by atoms with E-state index in [0.717, 1.165) is 0 Å². The number of hydrogen-bond donors (Lipinski definition) is 3. The van der Waals surface area contributed by atoms with Crippen molar-refractivity contribution in [1.29, 1.82) is 0 Å². The molecule has 0 spiro atoms. The maximum Gasteiger partial charge on any atom is 0.238 e. The van der Waals surface area contributed by atoms with Gasteiger partial charge in [-0.2, -0.15) is 0 Å². The molecule has 0 fully saturated rings. The summed E-state index contributed by atoms with van der Waals surface area (Å²) in [6.45, 7) is 1.63. The highest BCUT2D eigenvalue weighted by molar-refractivity contribution is 5.95. The van der Waals surface area contributed by atoms with Crippen molar-refractivity contribution in [2.75, 3.05) is 58.1 Å². The van der Waals surface area contributed by atoms with Crippen LogP contribution in [0.5, 0.6) is 5.75 Å². The first kappa shape index (κ1) is 17.2. The normalized spacial score (nSPS) is 10.7. The molecule has 0 aliphatic heterocycles. The van der Waals surface area contributed by atoms with Crippen LogP contribution in [-0.4, -0.2) is 63.0 Å². The van der Waals surface area contributed by atoms with Gasteiger partial charge in [0.15, 0.2) is 0 Å². The van der Waals surface area contributed by atoms with Gasteiger partial charge in [-0.3, -0.25) is 9.69 Å². The third kappa shape index (κ3) is 5.99. The molecule has 0 aliphatic rings. The van der Waals surface area contributed by atoms with Crippen molar-refractivity contribution in [3.8, 4) is 5.75 Å². The number of nitrogens with zero attached hydrogens (tertiary/aromatic N) is 1. The highest BCUT2D eigenvalue weighted by Crippen LogP contribution is 2.23. The number of benzene rings is 1. The number of carbonyl (C=O) groups excluding carboxylic acids is 1. The number of hydrogen-bond acceptors (Lipinski definition) is 6. The van der Waals surface area contributed by atoms with Gasteiger partial charge in [0.25, 0.3) is 0 Å². The van der Waals surface area contributed by atoms with Gasteiger partial charge in [0.2, 0.25) is 5.91 Å². The number of nitrogens with two attached hydrogens (primary N) is 1. The van der Waals surface area contributed by atoms with Gasteiger partial charge >= 0.3 is 0 Å². The van der Waals surface area contributed by atoms with E-state index in [2.05, 4.69) is 5.32 Å². The molecule has 0 unspecified atom stereocenters. The number of methoxy groups -OCH3 is 2. The molecular weight excluding hydrogens is 274 g/mol. The summed E-state index contributed by atoms with van der Waals surface area (Å²) in [6.07, 6.45) is 0. The Morgan fingerprint density at radius 2 is 2.14 bits per heavy atom. The molecule has 0 saturated carbocycles. The van der Waals surface area contributed by atoms with Crippen LogP contribution in [0.3, 0.4) is 0 Å². The predicted molar refractivity (Wildman–Crippen MR) is 81.4 cm³/mol. The first-order chi connectivity index (χ1) is 10.1. The number of ether oxygens (including phenoxy) is 2. The lowest BCUT2D eigenvalue weighted by Gasteiger charge is -2.20. The van der Waals surface area contributed by atoms with Gasteiger partial charge < -0.3 is 25.6 Å². The maximum absolute atomic E-state index is 12.0. The van der Waals surface area contributed by atoms with Gasteiger partial charge in [0, 0.05) is 26.3 Å². The van der Waals surface area contributed by atoms with Crippen LogP contribution in [0.25, 0.3) is 0 Å². The molecule has 1 rings (SSSR count). The predicted octanol–water partition coefficient (Wildman–Crippen LogP) is 0.157. The monoisotopic (exact) mass is 297 g/mol. The number of aliphatic hydroxyl groups excluding tert-OH is 1. The highest BCUT2D eigenvalue weighted by atomic mass is 16.5. The Labute approximate surface area is 124 Å². The minimum absolute atomic E-state index is 0.0122. The molecule has 0 aromatic heterocycles. The number of carbonyl (C=O) groups is 1. The summed E-state index contributed by atoms with van der Waals surface area (Å²) in [6, 6.07) is 5.06. The summed E-state index contributed by atoms with van der Waals surface area (Å²) in [5.41, 5.74) is 6.82. The number of rotatable bonds is 9. The Bertz CT molecular complexity index is 454. The Kier molecular flexibility index (Phi) is 7.52. The lowest BCUT2D eigenvalue weighted by Crippen LogP contribution is -2.37. The molecule has 4 N–H and O–H groups in total. The van der Waals surface area contributed by atoms with E-state index in [9.17, 15) is 4.79 Å². The molecule has 7 heteroatoms. The van der Waals surface area contributed by atoms with Crippen LogP contribution in [-0.2, 0) is 9.53 Å². The zero-order chi connectivity index (χ0) is 15.7. The Balaban J connectivity index is 2.58. The van der Waals surface area contributed by atoms with E-state index in [1.54, 1.807) is 37.3 Å². The molecule has 7 nitrogen and oxygen atoms in total. The third-order valence-electron chi connectivity index (χ3n) is 2.93. The van der Waals surface area contributed by atoms with E-state index in [1.165, 1.54) is 0 Å². The average Bonchev–Trinajstić information content (AvgIpc) is 2.47. The van der Waals surface area contributed by atoms with Crippen LogP contribution in [0, 0.1) is 0 Å². The summed E-state index contributed by atoms with van der Waals surface area (Å²) in [7, 11) is 3.14. The van der Waals surface area contributed by atoms with Crippen LogP contribution < -0.4 is 15.8 Å². The molecule has 0 radical (unpaired) electrons. The topological polar surface area (TPSA) is 97.0 Å². The Hall–Kier alpha value is -1.83. The van der Waals surface area contributed by atoms with E-state index in [-0.39, 0.29) is 19.1 Å². The van der Waals surface area contributed by atoms with E-state index in [4.69, 9.17) is 20.3 Å². The second-order valence-corrected chi connectivity index (χ2v) is 4.49. The highest BCUT2D eigenvalue weighted by Gasteiger charge is 2.11. The largest absolute Gasteiger partial charge is 0.497 e. The fraction of sp³-hybridized carbons (Fsp3) is 0.500. The lowest BCUT2D eigenvalue weighted by atomic mass is 10.2. The molecule has 0 aliphatic carbocycles. The zero-order valence-electron chi connectivity index (χ0n) is 12.5. The van der Waals surface area contributed by atoms with Gasteiger partial charge in [0.05, 0.1) is 38.2 Å². The number of anilines is 2.